The van der Waals surface area contributed by atoms with E-state index < -0.39 is 5.97 Å². The summed E-state index contributed by atoms with van der Waals surface area (Å²) in [5, 5.41) is 2.02. The largest absolute Gasteiger partial charge is 0.462 e. The maximum Gasteiger partial charge on any atom is 0.340 e. The van der Waals surface area contributed by atoms with Gasteiger partial charge in [-0.2, -0.15) is 0 Å². The highest BCUT2D eigenvalue weighted by Gasteiger charge is 2.27. The molecule has 0 unspecified atom stereocenters. The smallest absolute Gasteiger partial charge is 0.340 e. The van der Waals surface area contributed by atoms with Crippen molar-refractivity contribution in [3.63, 3.8) is 0 Å². The normalized spacial score (nSPS) is 10.9. The zero-order valence-corrected chi connectivity index (χ0v) is 17.1. The van der Waals surface area contributed by atoms with E-state index in [1.165, 1.54) is 0 Å². The molecule has 3 aromatic rings. The SMILES string of the molecule is CCOC(=O)c1c(C)[nH]c(C)c1C(=O)C[NH2+]C(c1ccccc1)c1ccccc1. The topological polar surface area (TPSA) is 75.8 Å². The molecule has 150 valence electrons. The van der Waals surface area contributed by atoms with Crippen molar-refractivity contribution < 1.29 is 19.6 Å². The molecule has 5 heteroatoms. The number of Topliss-reactive ketones (excluding diaryl/α,β-unsaturated/α-hetero) is 1. The van der Waals surface area contributed by atoms with Gasteiger partial charge in [-0.15, -0.1) is 0 Å². The molecule has 1 heterocycles. The molecule has 0 aliphatic heterocycles. The van der Waals surface area contributed by atoms with Gasteiger partial charge in [0.2, 0.25) is 5.78 Å². The first-order valence-electron chi connectivity index (χ1n) is 9.85. The molecular formula is C24H27N2O3+. The maximum absolute atomic E-state index is 13.1. The van der Waals surface area contributed by atoms with Crippen LogP contribution < -0.4 is 5.32 Å². The molecule has 5 nitrogen and oxygen atoms in total. The average Bonchev–Trinajstić information content (AvgIpc) is 3.03. The summed E-state index contributed by atoms with van der Waals surface area (Å²) >= 11 is 0. The van der Waals surface area contributed by atoms with E-state index in [2.05, 4.69) is 29.2 Å². The minimum atomic E-state index is -0.458. The molecule has 0 spiro atoms. The molecular weight excluding hydrogens is 364 g/mol. The molecule has 29 heavy (non-hydrogen) atoms. The van der Waals surface area contributed by atoms with Gasteiger partial charge in [0.1, 0.15) is 12.6 Å². The summed E-state index contributed by atoms with van der Waals surface area (Å²) in [6, 6.07) is 20.2. The van der Waals surface area contributed by atoms with Crippen molar-refractivity contribution in [2.24, 2.45) is 0 Å². The summed E-state index contributed by atoms with van der Waals surface area (Å²) in [6.45, 7) is 5.85. The van der Waals surface area contributed by atoms with Gasteiger partial charge < -0.3 is 15.0 Å². The minimum Gasteiger partial charge on any atom is -0.462 e. The van der Waals surface area contributed by atoms with E-state index in [0.29, 0.717) is 22.5 Å². The summed E-state index contributed by atoms with van der Waals surface area (Å²) < 4.78 is 5.16. The van der Waals surface area contributed by atoms with Gasteiger partial charge in [-0.25, -0.2) is 4.79 Å². The van der Waals surface area contributed by atoms with Crippen LogP contribution in [0, 0.1) is 13.8 Å². The quantitative estimate of drug-likeness (QED) is 0.457. The number of nitrogens with one attached hydrogen (secondary N) is 1. The molecule has 0 fully saturated rings. The standard InChI is InChI=1S/C24H26N2O3/c1-4-29-24(28)22-17(3)26-16(2)21(22)20(27)15-25-23(18-11-7-5-8-12-18)19-13-9-6-10-14-19/h5-14,23,25-26H,4,15H2,1-3H3/p+1. The van der Waals surface area contributed by atoms with Gasteiger partial charge in [-0.1, -0.05) is 60.7 Å². The summed E-state index contributed by atoms with van der Waals surface area (Å²) in [4.78, 5) is 28.6. The monoisotopic (exact) mass is 391 g/mol. The van der Waals surface area contributed by atoms with Crippen LogP contribution in [0.1, 0.15) is 56.2 Å². The van der Waals surface area contributed by atoms with Crippen molar-refractivity contribution in [1.29, 1.82) is 0 Å². The molecule has 3 rings (SSSR count). The zero-order valence-electron chi connectivity index (χ0n) is 17.1. The zero-order chi connectivity index (χ0) is 20.8. The lowest BCUT2D eigenvalue weighted by molar-refractivity contribution is -0.675. The number of aromatic nitrogens is 1. The Balaban J connectivity index is 1.86. The van der Waals surface area contributed by atoms with Gasteiger partial charge in [-0.05, 0) is 20.8 Å². The Morgan fingerprint density at radius 3 is 1.93 bits per heavy atom. The summed E-state index contributed by atoms with van der Waals surface area (Å²) in [5.74, 6) is -0.549. The van der Waals surface area contributed by atoms with Crippen LogP contribution in [0.25, 0.3) is 0 Å². The summed E-state index contributed by atoms with van der Waals surface area (Å²) in [6.07, 6.45) is 0. The molecule has 0 radical (unpaired) electrons. The number of ketones is 1. The fraction of sp³-hybridized carbons (Fsp3) is 0.250. The van der Waals surface area contributed by atoms with Gasteiger partial charge in [-0.3, -0.25) is 4.79 Å². The molecule has 1 aromatic heterocycles. The van der Waals surface area contributed by atoms with Crippen LogP contribution in [0.4, 0.5) is 0 Å². The van der Waals surface area contributed by atoms with Crippen molar-refractivity contribution in [1.82, 2.24) is 4.98 Å². The lowest BCUT2D eigenvalue weighted by atomic mass is 9.98. The third-order valence-electron chi connectivity index (χ3n) is 4.99. The van der Waals surface area contributed by atoms with E-state index in [4.69, 9.17) is 4.74 Å². The van der Waals surface area contributed by atoms with E-state index >= 15 is 0 Å². The molecule has 3 N–H and O–H groups in total. The number of quaternary nitrogens is 1. The van der Waals surface area contributed by atoms with Crippen molar-refractivity contribution in [2.45, 2.75) is 26.8 Å². The van der Waals surface area contributed by atoms with E-state index in [9.17, 15) is 9.59 Å². The number of H-pyrrole nitrogens is 1. The Hall–Kier alpha value is -3.18. The van der Waals surface area contributed by atoms with Crippen LogP contribution in [0.2, 0.25) is 0 Å². The van der Waals surface area contributed by atoms with Gasteiger partial charge >= 0.3 is 5.97 Å². The molecule has 0 amide bonds. The fourth-order valence-corrected chi connectivity index (χ4v) is 3.70. The highest BCUT2D eigenvalue weighted by Crippen LogP contribution is 2.21. The van der Waals surface area contributed by atoms with Crippen molar-refractivity contribution in [3.8, 4) is 0 Å². The number of ether oxygens (including phenoxy) is 1. The van der Waals surface area contributed by atoms with Crippen LogP contribution in [0.5, 0.6) is 0 Å². The number of rotatable bonds is 8. The number of carbonyl (C=O) groups is 2. The highest BCUT2D eigenvalue weighted by molar-refractivity contribution is 6.08. The first-order valence-corrected chi connectivity index (χ1v) is 9.85. The molecule has 0 bridgehead atoms. The molecule has 0 atom stereocenters. The third kappa shape index (κ3) is 4.63. The molecule has 0 aliphatic carbocycles. The van der Waals surface area contributed by atoms with Gasteiger partial charge in [0.05, 0.1) is 17.7 Å². The van der Waals surface area contributed by atoms with Crippen LogP contribution in [-0.2, 0) is 4.74 Å². The molecule has 2 aromatic carbocycles. The van der Waals surface area contributed by atoms with Crippen LogP contribution in [0.15, 0.2) is 60.7 Å². The Labute approximate surface area is 171 Å². The number of aromatic amines is 1. The predicted molar refractivity (Wildman–Crippen MR) is 112 cm³/mol. The second-order valence-corrected chi connectivity index (χ2v) is 7.01. The predicted octanol–water partition coefficient (Wildman–Crippen LogP) is 3.34. The van der Waals surface area contributed by atoms with Crippen molar-refractivity contribution in [3.05, 3.63) is 94.3 Å². The summed E-state index contributed by atoms with van der Waals surface area (Å²) in [7, 11) is 0. The third-order valence-corrected chi connectivity index (χ3v) is 4.99. The maximum atomic E-state index is 13.1. The Morgan fingerprint density at radius 1 is 0.897 bits per heavy atom. The van der Waals surface area contributed by atoms with Crippen molar-refractivity contribution >= 4 is 11.8 Å². The molecule has 0 aliphatic rings. The number of nitrogens with two attached hydrogens (primary N) is 1. The van der Waals surface area contributed by atoms with Crippen LogP contribution in [-0.4, -0.2) is 29.9 Å². The van der Waals surface area contributed by atoms with Gasteiger partial charge in [0.25, 0.3) is 0 Å². The van der Waals surface area contributed by atoms with Gasteiger partial charge in [0.15, 0.2) is 0 Å². The fourth-order valence-electron chi connectivity index (χ4n) is 3.70. The number of hydrogen-bond donors (Lipinski definition) is 2. The Morgan fingerprint density at radius 2 is 1.41 bits per heavy atom. The minimum absolute atomic E-state index is 0.00672. The number of aryl methyl sites for hydroxylation is 2. The van der Waals surface area contributed by atoms with Crippen LogP contribution in [0.3, 0.4) is 0 Å². The number of benzene rings is 2. The van der Waals surface area contributed by atoms with Gasteiger partial charge in [0, 0.05) is 22.5 Å². The van der Waals surface area contributed by atoms with Crippen LogP contribution >= 0.6 is 0 Å². The Kier molecular flexibility index (Phi) is 6.62. The van der Waals surface area contributed by atoms with E-state index in [0.717, 1.165) is 11.1 Å². The average molecular weight is 391 g/mol. The Bertz CT molecular complexity index is 939. The number of carbonyl (C=O) groups excluding carboxylic acids is 2. The van der Waals surface area contributed by atoms with Crippen molar-refractivity contribution in [2.75, 3.05) is 13.2 Å². The lowest BCUT2D eigenvalue weighted by Gasteiger charge is -2.16. The van der Waals surface area contributed by atoms with E-state index in [-0.39, 0.29) is 25.0 Å². The second kappa shape index (κ2) is 9.34. The molecule has 0 saturated heterocycles. The van der Waals surface area contributed by atoms with E-state index in [1.807, 2.05) is 48.6 Å². The number of hydrogen-bond acceptors (Lipinski definition) is 3. The second-order valence-electron chi connectivity index (χ2n) is 7.01. The first-order chi connectivity index (χ1) is 14.0. The molecule has 0 saturated carbocycles. The first kappa shape index (κ1) is 20.6. The lowest BCUT2D eigenvalue weighted by Crippen LogP contribution is -2.87. The highest BCUT2D eigenvalue weighted by atomic mass is 16.5. The summed E-state index contributed by atoms with van der Waals surface area (Å²) in [5.41, 5.74) is 4.38. The number of esters is 1. The van der Waals surface area contributed by atoms with E-state index in [1.54, 1.807) is 13.8 Å².